The number of thiophene rings is 1. The minimum atomic E-state index is -2.18. The van der Waals surface area contributed by atoms with E-state index in [4.69, 9.17) is 20.1 Å². The summed E-state index contributed by atoms with van der Waals surface area (Å²) >= 11 is 6.79. The van der Waals surface area contributed by atoms with E-state index in [-0.39, 0.29) is 15.1 Å². The van der Waals surface area contributed by atoms with Crippen molar-refractivity contribution in [2.45, 2.75) is 6.10 Å². The molecule has 0 unspecified atom stereocenters. The SMILES string of the molecule is O=C(O)c1sc(Br)c(Br)c1OC(C(=O)O)C(=O)O. The number of carbonyl (C=O) groups is 3. The zero-order valence-electron chi connectivity index (χ0n) is 8.22. The van der Waals surface area contributed by atoms with Crippen LogP contribution in [-0.4, -0.2) is 39.3 Å². The zero-order chi connectivity index (χ0) is 14.0. The molecule has 18 heavy (non-hydrogen) atoms. The Hall–Kier alpha value is -1.13. The molecule has 0 radical (unpaired) electrons. The molecule has 1 rings (SSSR count). The Labute approximate surface area is 120 Å². The van der Waals surface area contributed by atoms with Crippen LogP contribution in [0.1, 0.15) is 9.67 Å². The number of carboxylic acids is 3. The Bertz CT molecular complexity index is 510. The van der Waals surface area contributed by atoms with E-state index in [0.29, 0.717) is 3.79 Å². The Morgan fingerprint density at radius 3 is 2.00 bits per heavy atom. The molecule has 3 N–H and O–H groups in total. The normalized spacial score (nSPS) is 10.4. The topological polar surface area (TPSA) is 121 Å². The largest absolute Gasteiger partial charge is 0.478 e. The maximum atomic E-state index is 10.9. The number of hydrogen-bond acceptors (Lipinski definition) is 5. The van der Waals surface area contributed by atoms with Gasteiger partial charge in [0.05, 0.1) is 8.26 Å². The molecule has 7 nitrogen and oxygen atoms in total. The van der Waals surface area contributed by atoms with Crippen LogP contribution >= 0.6 is 43.2 Å². The zero-order valence-corrected chi connectivity index (χ0v) is 12.2. The van der Waals surface area contributed by atoms with E-state index in [9.17, 15) is 14.4 Å². The molecule has 0 aliphatic carbocycles. The van der Waals surface area contributed by atoms with E-state index >= 15 is 0 Å². The molecule has 0 aromatic carbocycles. The van der Waals surface area contributed by atoms with Gasteiger partial charge in [-0.25, -0.2) is 14.4 Å². The minimum absolute atomic E-state index is 0.150. The van der Waals surface area contributed by atoms with Gasteiger partial charge < -0.3 is 20.1 Å². The van der Waals surface area contributed by atoms with Gasteiger partial charge in [0, 0.05) is 0 Å². The van der Waals surface area contributed by atoms with Crippen molar-refractivity contribution in [2.24, 2.45) is 0 Å². The molecular weight excluding hydrogens is 400 g/mol. The third-order valence-electron chi connectivity index (χ3n) is 1.65. The molecule has 0 aliphatic rings. The van der Waals surface area contributed by atoms with Crippen LogP contribution in [0.4, 0.5) is 0 Å². The first-order valence-electron chi connectivity index (χ1n) is 4.09. The summed E-state index contributed by atoms with van der Waals surface area (Å²) in [6.45, 7) is 0. The predicted octanol–water partition coefficient (Wildman–Crippen LogP) is 1.89. The average molecular weight is 404 g/mol. The molecule has 0 saturated carbocycles. The lowest BCUT2D eigenvalue weighted by molar-refractivity contribution is -0.159. The smallest absolute Gasteiger partial charge is 0.356 e. The Morgan fingerprint density at radius 1 is 1.11 bits per heavy atom. The quantitative estimate of drug-likeness (QED) is 0.641. The van der Waals surface area contributed by atoms with Crippen molar-refractivity contribution in [3.63, 3.8) is 0 Å². The molecular formula is C8H4Br2O7S. The van der Waals surface area contributed by atoms with Crippen molar-refractivity contribution in [3.8, 4) is 5.75 Å². The maximum Gasteiger partial charge on any atom is 0.356 e. The highest BCUT2D eigenvalue weighted by Crippen LogP contribution is 2.43. The molecule has 1 aromatic rings. The number of hydrogen-bond donors (Lipinski definition) is 3. The predicted molar refractivity (Wildman–Crippen MR) is 66.4 cm³/mol. The second-order valence-electron chi connectivity index (χ2n) is 2.83. The summed E-state index contributed by atoms with van der Waals surface area (Å²) in [6.07, 6.45) is -2.18. The Kier molecular flexibility index (Phi) is 4.71. The fourth-order valence-electron chi connectivity index (χ4n) is 0.940. The van der Waals surface area contributed by atoms with E-state index in [0.717, 1.165) is 11.3 Å². The molecule has 0 aliphatic heterocycles. The van der Waals surface area contributed by atoms with Gasteiger partial charge in [0.25, 0.3) is 6.10 Å². The van der Waals surface area contributed by atoms with Crippen LogP contribution in [0.3, 0.4) is 0 Å². The van der Waals surface area contributed by atoms with E-state index in [2.05, 4.69) is 31.9 Å². The third-order valence-corrected chi connectivity index (χ3v) is 5.03. The van der Waals surface area contributed by atoms with Crippen molar-refractivity contribution in [1.82, 2.24) is 0 Å². The van der Waals surface area contributed by atoms with Crippen LogP contribution in [0, 0.1) is 0 Å². The first kappa shape index (κ1) is 14.9. The van der Waals surface area contributed by atoms with E-state index in [1.54, 1.807) is 0 Å². The monoisotopic (exact) mass is 402 g/mol. The molecule has 0 bridgehead atoms. The van der Waals surface area contributed by atoms with Gasteiger partial charge in [-0.1, -0.05) is 0 Å². The maximum absolute atomic E-state index is 10.9. The van der Waals surface area contributed by atoms with Crippen molar-refractivity contribution in [1.29, 1.82) is 0 Å². The lowest BCUT2D eigenvalue weighted by atomic mass is 10.3. The minimum Gasteiger partial charge on any atom is -0.478 e. The van der Waals surface area contributed by atoms with Gasteiger partial charge in [-0.2, -0.15) is 0 Å². The molecule has 0 atom stereocenters. The van der Waals surface area contributed by atoms with Crippen molar-refractivity contribution < 1.29 is 34.4 Å². The van der Waals surface area contributed by atoms with Gasteiger partial charge in [-0.3, -0.25) is 0 Å². The van der Waals surface area contributed by atoms with Crippen LogP contribution in [0.25, 0.3) is 0 Å². The molecule has 10 heteroatoms. The first-order chi connectivity index (χ1) is 8.25. The highest BCUT2D eigenvalue weighted by Gasteiger charge is 2.32. The summed E-state index contributed by atoms with van der Waals surface area (Å²) in [7, 11) is 0. The van der Waals surface area contributed by atoms with Gasteiger partial charge in [0.1, 0.15) is 0 Å². The van der Waals surface area contributed by atoms with E-state index < -0.39 is 24.0 Å². The fraction of sp³-hybridized carbons (Fsp3) is 0.125. The average Bonchev–Trinajstić information content (AvgIpc) is 2.52. The van der Waals surface area contributed by atoms with Gasteiger partial charge in [-0.15, -0.1) is 11.3 Å². The summed E-state index contributed by atoms with van der Waals surface area (Å²) in [6, 6.07) is 0. The summed E-state index contributed by atoms with van der Waals surface area (Å²) < 4.78 is 5.24. The lowest BCUT2D eigenvalue weighted by Crippen LogP contribution is -2.35. The molecule has 1 heterocycles. The highest BCUT2D eigenvalue weighted by atomic mass is 79.9. The number of aromatic carboxylic acids is 1. The summed E-state index contributed by atoms with van der Waals surface area (Å²) in [4.78, 5) is 31.9. The van der Waals surface area contributed by atoms with Gasteiger partial charge >= 0.3 is 17.9 Å². The lowest BCUT2D eigenvalue weighted by Gasteiger charge is -2.10. The number of ether oxygens (including phenoxy) is 1. The van der Waals surface area contributed by atoms with Crippen LogP contribution in [-0.2, 0) is 9.59 Å². The second kappa shape index (κ2) is 5.67. The van der Waals surface area contributed by atoms with Crippen molar-refractivity contribution in [3.05, 3.63) is 13.1 Å². The van der Waals surface area contributed by atoms with Crippen LogP contribution < -0.4 is 4.74 Å². The van der Waals surface area contributed by atoms with Crippen LogP contribution in [0.5, 0.6) is 5.75 Å². The standard InChI is InChI=1S/C8H4Br2O7S/c9-1-2(4(8(15)16)18-5(1)10)17-3(6(11)12)7(13)14/h3H,(H,11,12)(H,13,14)(H,15,16). The van der Waals surface area contributed by atoms with Gasteiger partial charge in [0.15, 0.2) is 10.6 Å². The van der Waals surface area contributed by atoms with Crippen LogP contribution in [0.2, 0.25) is 0 Å². The highest BCUT2D eigenvalue weighted by molar-refractivity contribution is 9.13. The second-order valence-corrected chi connectivity index (χ2v) is 5.96. The van der Waals surface area contributed by atoms with Gasteiger partial charge in [-0.05, 0) is 31.9 Å². The van der Waals surface area contributed by atoms with Crippen molar-refractivity contribution >= 4 is 61.1 Å². The number of halogens is 2. The summed E-state index contributed by atoms with van der Waals surface area (Å²) in [5, 5.41) is 26.2. The van der Waals surface area contributed by atoms with E-state index in [1.165, 1.54) is 0 Å². The molecule has 1 aromatic heterocycles. The van der Waals surface area contributed by atoms with Gasteiger partial charge in [0.2, 0.25) is 0 Å². The van der Waals surface area contributed by atoms with Crippen LogP contribution in [0.15, 0.2) is 8.26 Å². The van der Waals surface area contributed by atoms with E-state index in [1.807, 2.05) is 0 Å². The van der Waals surface area contributed by atoms with Crippen molar-refractivity contribution in [2.75, 3.05) is 0 Å². The number of rotatable bonds is 5. The Balaban J connectivity index is 3.21. The molecule has 0 fully saturated rings. The number of carboxylic acid groups (broad SMARTS) is 3. The first-order valence-corrected chi connectivity index (χ1v) is 6.49. The molecule has 0 saturated heterocycles. The number of aliphatic carboxylic acids is 2. The third kappa shape index (κ3) is 3.00. The molecule has 0 spiro atoms. The summed E-state index contributed by atoms with van der Waals surface area (Å²) in [5.74, 6) is -5.15. The molecule has 0 amide bonds. The summed E-state index contributed by atoms with van der Waals surface area (Å²) in [5.41, 5.74) is 0. The fourth-order valence-corrected chi connectivity index (χ4v) is 2.96. The Morgan fingerprint density at radius 2 is 1.61 bits per heavy atom. The molecule has 98 valence electrons.